The fraction of sp³-hybridized carbons (Fsp3) is 0.471. The average Bonchev–Trinajstić information content (AvgIpc) is 2.80. The molecule has 4 nitrogen and oxygen atoms in total. The summed E-state index contributed by atoms with van der Waals surface area (Å²) < 4.78 is 5.32. The van der Waals surface area contributed by atoms with Crippen LogP contribution in [0.25, 0.3) is 11.0 Å². The Bertz CT molecular complexity index is 728. The highest BCUT2D eigenvalue weighted by molar-refractivity contribution is 5.85. The number of fused-ring (bicyclic) bond motifs is 1. The molecule has 2 aromatic rings. The van der Waals surface area contributed by atoms with Crippen LogP contribution in [0.5, 0.6) is 0 Å². The molecule has 0 spiro atoms. The summed E-state index contributed by atoms with van der Waals surface area (Å²) in [6, 6.07) is 7.64. The summed E-state index contributed by atoms with van der Waals surface area (Å²) >= 11 is 0. The smallest absolute Gasteiger partial charge is 0.336 e. The first-order valence-electron chi connectivity index (χ1n) is 7.45. The van der Waals surface area contributed by atoms with E-state index in [9.17, 15) is 4.79 Å². The zero-order valence-corrected chi connectivity index (χ0v) is 13.9. The summed E-state index contributed by atoms with van der Waals surface area (Å²) in [7, 11) is 0. The molecule has 120 valence electrons. The number of hydrogen-bond donors (Lipinski definition) is 1. The highest BCUT2D eigenvalue weighted by Crippen LogP contribution is 2.30. The third-order valence-corrected chi connectivity index (χ3v) is 4.51. The minimum absolute atomic E-state index is 0. The Hall–Kier alpha value is -1.36. The summed E-state index contributed by atoms with van der Waals surface area (Å²) in [4.78, 5) is 14.1. The summed E-state index contributed by atoms with van der Waals surface area (Å²) in [5.41, 5.74) is 8.61. The fourth-order valence-electron chi connectivity index (χ4n) is 3.14. The molecule has 5 heteroatoms. The number of aryl methyl sites for hydroxylation is 1. The maximum atomic E-state index is 11.8. The molecule has 1 saturated heterocycles. The van der Waals surface area contributed by atoms with E-state index in [0.29, 0.717) is 12.1 Å². The van der Waals surface area contributed by atoms with Crippen molar-refractivity contribution in [3.05, 3.63) is 45.8 Å². The van der Waals surface area contributed by atoms with Crippen molar-refractivity contribution < 1.29 is 4.42 Å². The summed E-state index contributed by atoms with van der Waals surface area (Å²) in [5, 5.41) is 1.03. The van der Waals surface area contributed by atoms with E-state index in [1.54, 1.807) is 6.07 Å². The summed E-state index contributed by atoms with van der Waals surface area (Å²) in [6.45, 7) is 7.73. The van der Waals surface area contributed by atoms with Crippen LogP contribution in [0.15, 0.2) is 33.5 Å². The molecule has 22 heavy (non-hydrogen) atoms. The normalized spacial score (nSPS) is 22.0. The molecule has 2 N–H and O–H groups in total. The number of hydrogen-bond acceptors (Lipinski definition) is 4. The molecule has 1 aromatic heterocycles. The number of nitrogens with two attached hydrogens (primary N) is 1. The molecule has 3 rings (SSSR count). The minimum Gasteiger partial charge on any atom is -0.423 e. The van der Waals surface area contributed by atoms with Gasteiger partial charge in [0.2, 0.25) is 0 Å². The standard InChI is InChI=1S/C17H22N2O2.ClH/c1-12-3-4-14-13(8-16(20)21-15(14)7-12)9-19-6-5-17(2,10-18)11-19;/h3-4,7-8H,5-6,9-11,18H2,1-2H3;1H. The van der Waals surface area contributed by atoms with Gasteiger partial charge in [0.05, 0.1) is 0 Å². The van der Waals surface area contributed by atoms with Crippen molar-refractivity contribution in [1.82, 2.24) is 4.90 Å². The second-order valence-electron chi connectivity index (χ2n) is 6.57. The van der Waals surface area contributed by atoms with Crippen LogP contribution in [-0.4, -0.2) is 24.5 Å². The van der Waals surface area contributed by atoms with Gasteiger partial charge in [0.15, 0.2) is 0 Å². The monoisotopic (exact) mass is 322 g/mol. The Morgan fingerprint density at radius 3 is 2.82 bits per heavy atom. The second kappa shape index (κ2) is 6.41. The van der Waals surface area contributed by atoms with Crippen molar-refractivity contribution in [2.45, 2.75) is 26.8 Å². The largest absolute Gasteiger partial charge is 0.423 e. The molecule has 1 atom stereocenters. The van der Waals surface area contributed by atoms with Gasteiger partial charge in [0, 0.05) is 24.5 Å². The molecule has 0 amide bonds. The SMILES string of the molecule is Cc1ccc2c(CN3CCC(C)(CN)C3)cc(=O)oc2c1.Cl. The summed E-state index contributed by atoms with van der Waals surface area (Å²) in [6.07, 6.45) is 1.11. The summed E-state index contributed by atoms with van der Waals surface area (Å²) in [5.74, 6) is 0. The second-order valence-corrected chi connectivity index (χ2v) is 6.57. The zero-order chi connectivity index (χ0) is 15.0. The van der Waals surface area contributed by atoms with Gasteiger partial charge in [-0.05, 0) is 49.0 Å². The van der Waals surface area contributed by atoms with Crippen LogP contribution in [0.4, 0.5) is 0 Å². The third kappa shape index (κ3) is 3.35. The van der Waals surface area contributed by atoms with Crippen LogP contribution in [0.1, 0.15) is 24.5 Å². The van der Waals surface area contributed by atoms with Crippen molar-refractivity contribution in [2.75, 3.05) is 19.6 Å². The Morgan fingerprint density at radius 1 is 1.36 bits per heavy atom. The molecule has 0 saturated carbocycles. The molecule has 1 unspecified atom stereocenters. The van der Waals surface area contributed by atoms with E-state index in [1.165, 1.54) is 0 Å². The molecule has 1 aliphatic heterocycles. The molecule has 0 aliphatic carbocycles. The van der Waals surface area contributed by atoms with Gasteiger partial charge in [0.25, 0.3) is 0 Å². The van der Waals surface area contributed by atoms with E-state index >= 15 is 0 Å². The lowest BCUT2D eigenvalue weighted by Gasteiger charge is -2.22. The van der Waals surface area contributed by atoms with Crippen molar-refractivity contribution >= 4 is 23.4 Å². The highest BCUT2D eigenvalue weighted by atomic mass is 35.5. The number of halogens is 1. The van der Waals surface area contributed by atoms with Gasteiger partial charge in [-0.25, -0.2) is 4.79 Å². The molecule has 2 heterocycles. The van der Waals surface area contributed by atoms with Crippen molar-refractivity contribution in [2.24, 2.45) is 11.1 Å². The lowest BCUT2D eigenvalue weighted by atomic mass is 9.90. The fourth-order valence-corrected chi connectivity index (χ4v) is 3.14. The van der Waals surface area contributed by atoms with Gasteiger partial charge in [-0.1, -0.05) is 19.1 Å². The Labute approximate surface area is 136 Å². The first kappa shape index (κ1) is 17.0. The number of nitrogens with zero attached hydrogens (tertiary/aromatic N) is 1. The topological polar surface area (TPSA) is 59.5 Å². The van der Waals surface area contributed by atoms with Gasteiger partial charge >= 0.3 is 5.63 Å². The molecule has 0 radical (unpaired) electrons. The third-order valence-electron chi connectivity index (χ3n) is 4.51. The van der Waals surface area contributed by atoms with E-state index in [1.807, 2.05) is 19.1 Å². The van der Waals surface area contributed by atoms with Crippen molar-refractivity contribution in [3.8, 4) is 0 Å². The maximum Gasteiger partial charge on any atom is 0.336 e. The van der Waals surface area contributed by atoms with Gasteiger partial charge in [-0.15, -0.1) is 12.4 Å². The zero-order valence-electron chi connectivity index (χ0n) is 13.1. The van der Waals surface area contributed by atoms with E-state index < -0.39 is 0 Å². The van der Waals surface area contributed by atoms with Crippen LogP contribution >= 0.6 is 12.4 Å². The molecule has 1 aliphatic rings. The van der Waals surface area contributed by atoms with Crippen molar-refractivity contribution in [1.29, 1.82) is 0 Å². The van der Waals surface area contributed by atoms with Gasteiger partial charge in [-0.2, -0.15) is 0 Å². The molecular weight excluding hydrogens is 300 g/mol. The van der Waals surface area contributed by atoms with E-state index in [-0.39, 0.29) is 23.4 Å². The van der Waals surface area contributed by atoms with Crippen LogP contribution in [0.2, 0.25) is 0 Å². The molecule has 1 aromatic carbocycles. The molecular formula is C17H23ClN2O2. The predicted molar refractivity (Wildman–Crippen MR) is 91.5 cm³/mol. The lowest BCUT2D eigenvalue weighted by molar-refractivity contribution is 0.275. The number of likely N-dealkylation sites (tertiary alicyclic amines) is 1. The molecule has 0 bridgehead atoms. The van der Waals surface area contributed by atoms with Crippen LogP contribution in [0, 0.1) is 12.3 Å². The number of benzene rings is 1. The van der Waals surface area contributed by atoms with E-state index in [4.69, 9.17) is 10.2 Å². The Kier molecular flexibility index (Phi) is 4.95. The maximum absolute atomic E-state index is 11.8. The molecule has 1 fully saturated rings. The first-order chi connectivity index (χ1) is 9.99. The van der Waals surface area contributed by atoms with Gasteiger partial charge in [-0.3, -0.25) is 4.90 Å². The van der Waals surface area contributed by atoms with Crippen LogP contribution in [0.3, 0.4) is 0 Å². The lowest BCUT2D eigenvalue weighted by Crippen LogP contribution is -2.31. The highest BCUT2D eigenvalue weighted by Gasteiger charge is 2.32. The van der Waals surface area contributed by atoms with E-state index in [0.717, 1.165) is 42.6 Å². The van der Waals surface area contributed by atoms with Gasteiger partial charge in [0.1, 0.15) is 5.58 Å². The number of rotatable bonds is 3. The average molecular weight is 323 g/mol. The van der Waals surface area contributed by atoms with E-state index in [2.05, 4.69) is 17.9 Å². The van der Waals surface area contributed by atoms with Crippen molar-refractivity contribution in [3.63, 3.8) is 0 Å². The van der Waals surface area contributed by atoms with Crippen LogP contribution in [-0.2, 0) is 6.54 Å². The Balaban J connectivity index is 0.00000176. The first-order valence-corrected chi connectivity index (χ1v) is 7.45. The Morgan fingerprint density at radius 2 is 2.14 bits per heavy atom. The predicted octanol–water partition coefficient (Wildman–Crippen LogP) is 2.69. The minimum atomic E-state index is -0.274. The quantitative estimate of drug-likeness (QED) is 0.883. The van der Waals surface area contributed by atoms with Crippen LogP contribution < -0.4 is 11.4 Å². The van der Waals surface area contributed by atoms with Gasteiger partial charge < -0.3 is 10.2 Å².